The molecule has 3 aromatic carbocycles. The highest BCUT2D eigenvalue weighted by Crippen LogP contribution is 2.39. The van der Waals surface area contributed by atoms with E-state index in [2.05, 4.69) is 0 Å². The summed E-state index contributed by atoms with van der Waals surface area (Å²) in [4.78, 5) is 37.9. The van der Waals surface area contributed by atoms with Crippen LogP contribution in [0.4, 0.5) is 0 Å². The van der Waals surface area contributed by atoms with Crippen molar-refractivity contribution in [3.05, 3.63) is 88.0 Å². The van der Waals surface area contributed by atoms with Gasteiger partial charge in [-0.15, -0.1) is 0 Å². The minimum Gasteiger partial charge on any atom is -0.507 e. The molecule has 0 saturated carbocycles. The Morgan fingerprint density at radius 1 is 0.862 bits per heavy atom. The van der Waals surface area contributed by atoms with E-state index in [1.807, 2.05) is 0 Å². The SMILES string of the molecule is Cc1cc(O)c2c(c1)C(=O)c1cc(OCC(=O)c3ccccc3)cc(O)c1C2=O. The van der Waals surface area contributed by atoms with Crippen molar-refractivity contribution in [3.63, 3.8) is 0 Å². The van der Waals surface area contributed by atoms with Crippen LogP contribution >= 0.6 is 0 Å². The van der Waals surface area contributed by atoms with Gasteiger partial charge in [-0.1, -0.05) is 30.3 Å². The van der Waals surface area contributed by atoms with E-state index in [0.717, 1.165) is 0 Å². The van der Waals surface area contributed by atoms with E-state index in [-0.39, 0.29) is 46.1 Å². The number of ketones is 3. The highest BCUT2D eigenvalue weighted by Gasteiger charge is 2.35. The predicted octanol–water partition coefficient (Wildman–Crippen LogP) is 3.44. The fourth-order valence-corrected chi connectivity index (χ4v) is 3.41. The molecule has 144 valence electrons. The Balaban J connectivity index is 1.68. The summed E-state index contributed by atoms with van der Waals surface area (Å²) in [5, 5.41) is 20.5. The number of hydrogen-bond acceptors (Lipinski definition) is 6. The average Bonchev–Trinajstić information content (AvgIpc) is 2.70. The summed E-state index contributed by atoms with van der Waals surface area (Å²) >= 11 is 0. The Morgan fingerprint density at radius 2 is 1.48 bits per heavy atom. The summed E-state index contributed by atoms with van der Waals surface area (Å²) in [6.45, 7) is 1.40. The molecule has 0 amide bonds. The standard InChI is InChI=1S/C23H16O6/c1-12-7-15-20(17(24)8-12)23(28)21-16(22(15)27)9-14(10-18(21)25)29-11-19(26)13-5-3-2-4-6-13/h2-10,24-25H,11H2,1H3. The summed E-state index contributed by atoms with van der Waals surface area (Å²) in [6.07, 6.45) is 0. The molecule has 4 rings (SSSR count). The monoisotopic (exact) mass is 388 g/mol. The van der Waals surface area contributed by atoms with Gasteiger partial charge in [-0.3, -0.25) is 14.4 Å². The van der Waals surface area contributed by atoms with Gasteiger partial charge >= 0.3 is 0 Å². The van der Waals surface area contributed by atoms with E-state index < -0.39 is 17.3 Å². The van der Waals surface area contributed by atoms with E-state index in [1.165, 1.54) is 24.3 Å². The molecule has 0 bridgehead atoms. The summed E-state index contributed by atoms with van der Waals surface area (Å²) in [5.74, 6) is -2.09. The molecule has 0 atom stereocenters. The largest absolute Gasteiger partial charge is 0.507 e. The Labute approximate surface area is 166 Å². The minimum absolute atomic E-state index is 0.0327. The molecule has 29 heavy (non-hydrogen) atoms. The number of ether oxygens (including phenoxy) is 1. The number of aromatic hydroxyl groups is 2. The Kier molecular flexibility index (Phi) is 4.39. The number of rotatable bonds is 4. The van der Waals surface area contributed by atoms with Gasteiger partial charge < -0.3 is 14.9 Å². The zero-order chi connectivity index (χ0) is 20.7. The van der Waals surface area contributed by atoms with Gasteiger partial charge in [0, 0.05) is 22.8 Å². The van der Waals surface area contributed by atoms with Gasteiger partial charge in [0.05, 0.1) is 11.1 Å². The molecular formula is C23H16O6. The van der Waals surface area contributed by atoms with Crippen molar-refractivity contribution >= 4 is 17.3 Å². The number of carbonyl (C=O) groups is 3. The zero-order valence-corrected chi connectivity index (χ0v) is 15.4. The molecule has 0 unspecified atom stereocenters. The number of benzene rings is 3. The van der Waals surface area contributed by atoms with Gasteiger partial charge in [-0.05, 0) is 30.7 Å². The van der Waals surface area contributed by atoms with Gasteiger partial charge in [0.25, 0.3) is 0 Å². The van der Waals surface area contributed by atoms with Crippen LogP contribution < -0.4 is 4.74 Å². The van der Waals surface area contributed by atoms with Crippen molar-refractivity contribution in [3.8, 4) is 17.2 Å². The van der Waals surface area contributed by atoms with Crippen LogP contribution in [0.25, 0.3) is 0 Å². The second kappa shape index (κ2) is 6.91. The lowest BCUT2D eigenvalue weighted by atomic mass is 9.82. The minimum atomic E-state index is -0.642. The van der Waals surface area contributed by atoms with Crippen LogP contribution in [0.3, 0.4) is 0 Å². The van der Waals surface area contributed by atoms with Gasteiger partial charge in [-0.25, -0.2) is 0 Å². The smallest absolute Gasteiger partial charge is 0.201 e. The first-order valence-electron chi connectivity index (χ1n) is 8.88. The van der Waals surface area contributed by atoms with Crippen LogP contribution in [0.1, 0.15) is 47.8 Å². The first kappa shape index (κ1) is 18.4. The molecule has 6 heteroatoms. The van der Waals surface area contributed by atoms with E-state index in [1.54, 1.807) is 37.3 Å². The highest BCUT2D eigenvalue weighted by molar-refractivity contribution is 6.30. The van der Waals surface area contributed by atoms with E-state index >= 15 is 0 Å². The molecule has 0 spiro atoms. The van der Waals surface area contributed by atoms with Crippen molar-refractivity contribution in [1.82, 2.24) is 0 Å². The molecule has 1 aliphatic carbocycles. The molecule has 3 aromatic rings. The van der Waals surface area contributed by atoms with Crippen molar-refractivity contribution < 1.29 is 29.3 Å². The molecular weight excluding hydrogens is 372 g/mol. The maximum absolute atomic E-state index is 12.9. The number of phenols is 2. The second-order valence-corrected chi connectivity index (χ2v) is 6.81. The Bertz CT molecular complexity index is 1180. The zero-order valence-electron chi connectivity index (χ0n) is 15.4. The average molecular weight is 388 g/mol. The first-order chi connectivity index (χ1) is 13.9. The molecule has 0 saturated heterocycles. The number of Topliss-reactive ketones (excluding diaryl/α,β-unsaturated/α-hetero) is 1. The van der Waals surface area contributed by atoms with Crippen LogP contribution in [0.5, 0.6) is 17.2 Å². The number of fused-ring (bicyclic) bond motifs is 2. The highest BCUT2D eigenvalue weighted by atomic mass is 16.5. The van der Waals surface area contributed by atoms with Crippen LogP contribution in [0, 0.1) is 6.92 Å². The van der Waals surface area contributed by atoms with Crippen molar-refractivity contribution in [2.75, 3.05) is 6.61 Å². The molecule has 6 nitrogen and oxygen atoms in total. The summed E-state index contributed by atoms with van der Waals surface area (Å²) in [7, 11) is 0. The fraction of sp³-hybridized carbons (Fsp3) is 0.0870. The summed E-state index contributed by atoms with van der Waals surface area (Å²) < 4.78 is 5.47. The number of phenolic OH excluding ortho intramolecular Hbond substituents is 2. The topological polar surface area (TPSA) is 101 Å². The lowest BCUT2D eigenvalue weighted by molar-refractivity contribution is 0.0920. The lowest BCUT2D eigenvalue weighted by Crippen LogP contribution is -2.22. The van der Waals surface area contributed by atoms with Crippen molar-refractivity contribution in [2.24, 2.45) is 0 Å². The van der Waals surface area contributed by atoms with Gasteiger partial charge in [0.2, 0.25) is 5.78 Å². The molecule has 0 radical (unpaired) electrons. The van der Waals surface area contributed by atoms with Gasteiger partial charge in [0.1, 0.15) is 17.2 Å². The van der Waals surface area contributed by atoms with E-state index in [9.17, 15) is 24.6 Å². The molecule has 0 aromatic heterocycles. The maximum atomic E-state index is 12.9. The molecule has 0 aliphatic heterocycles. The summed E-state index contributed by atoms with van der Waals surface area (Å²) in [5.41, 5.74) is 0.808. The molecule has 0 fully saturated rings. The summed E-state index contributed by atoms with van der Waals surface area (Å²) in [6, 6.07) is 14.0. The third-order valence-corrected chi connectivity index (χ3v) is 4.76. The van der Waals surface area contributed by atoms with Crippen molar-refractivity contribution in [1.29, 1.82) is 0 Å². The van der Waals surface area contributed by atoms with Gasteiger partial charge in [0.15, 0.2) is 18.2 Å². The molecule has 2 N–H and O–H groups in total. The lowest BCUT2D eigenvalue weighted by Gasteiger charge is -2.20. The Hall–Kier alpha value is -3.93. The number of carbonyl (C=O) groups excluding carboxylic acids is 3. The van der Waals surface area contributed by atoms with Crippen LogP contribution in [-0.2, 0) is 0 Å². The third-order valence-electron chi connectivity index (χ3n) is 4.76. The fourth-order valence-electron chi connectivity index (χ4n) is 3.41. The quantitative estimate of drug-likeness (QED) is 0.520. The van der Waals surface area contributed by atoms with Crippen LogP contribution in [-0.4, -0.2) is 34.2 Å². The van der Waals surface area contributed by atoms with Gasteiger partial charge in [-0.2, -0.15) is 0 Å². The maximum Gasteiger partial charge on any atom is 0.201 e. The van der Waals surface area contributed by atoms with Crippen LogP contribution in [0.2, 0.25) is 0 Å². The van der Waals surface area contributed by atoms with Crippen LogP contribution in [0.15, 0.2) is 54.6 Å². The molecule has 0 heterocycles. The molecule has 1 aliphatic rings. The Morgan fingerprint density at radius 3 is 2.17 bits per heavy atom. The van der Waals surface area contributed by atoms with Crippen molar-refractivity contribution in [2.45, 2.75) is 6.92 Å². The second-order valence-electron chi connectivity index (χ2n) is 6.81. The normalized spacial score (nSPS) is 12.3. The predicted molar refractivity (Wildman–Crippen MR) is 104 cm³/mol. The number of aryl methyl sites for hydroxylation is 1. The van der Waals surface area contributed by atoms with E-state index in [0.29, 0.717) is 11.1 Å². The van der Waals surface area contributed by atoms with E-state index in [4.69, 9.17) is 4.74 Å². The third kappa shape index (κ3) is 3.14. The first-order valence-corrected chi connectivity index (χ1v) is 8.88. The number of hydrogen-bond donors (Lipinski definition) is 2.